The number of aliphatic imine (C=N–C) groups is 1. The molecule has 1 N–H and O–H groups in total. The largest absolute Gasteiger partial charge is 0.304 e. The molecule has 0 bridgehead atoms. The van der Waals surface area contributed by atoms with Gasteiger partial charge in [0.1, 0.15) is 4.21 Å². The van der Waals surface area contributed by atoms with Gasteiger partial charge in [0.2, 0.25) is 0 Å². The number of nitrogens with one attached hydrogen (secondary N) is 1. The third-order valence-corrected chi connectivity index (χ3v) is 5.51. The molecule has 1 aromatic heterocycles. The fourth-order valence-electron chi connectivity index (χ4n) is 1.03. The van der Waals surface area contributed by atoms with E-state index in [0.29, 0.717) is 5.25 Å². The molecule has 6 heteroatoms. The highest BCUT2D eigenvalue weighted by molar-refractivity contribution is 8.16. The van der Waals surface area contributed by atoms with Crippen molar-refractivity contribution in [3.63, 3.8) is 0 Å². The van der Waals surface area contributed by atoms with Crippen molar-refractivity contribution in [1.29, 1.82) is 0 Å². The fourth-order valence-corrected chi connectivity index (χ4v) is 4.08. The number of fused-ring (bicyclic) bond motifs is 1. The molecular formula is C9H11ClN2S3. The van der Waals surface area contributed by atoms with Crippen molar-refractivity contribution in [3.8, 4) is 0 Å². The third-order valence-electron chi connectivity index (χ3n) is 1.99. The number of hydrogen-bond donors (Lipinski definition) is 1. The second-order valence-electron chi connectivity index (χ2n) is 3.18. The Kier molecular flexibility index (Phi) is 3.88. The van der Waals surface area contributed by atoms with Crippen LogP contribution in [0.4, 0.5) is 5.69 Å². The maximum absolute atomic E-state index is 5.93. The Labute approximate surface area is 107 Å². The lowest BCUT2D eigenvalue weighted by molar-refractivity contribution is 0.910. The van der Waals surface area contributed by atoms with Crippen molar-refractivity contribution >= 4 is 57.5 Å². The molecule has 0 spiro atoms. The van der Waals surface area contributed by atoms with E-state index in [0.717, 1.165) is 25.8 Å². The van der Waals surface area contributed by atoms with Crippen LogP contribution in [0.5, 0.6) is 0 Å². The SMILES string of the molecule is CCC(C)SC1=Nc2cc(Cl)sc2SN1. The Morgan fingerprint density at radius 2 is 2.47 bits per heavy atom. The summed E-state index contributed by atoms with van der Waals surface area (Å²) in [4.78, 5) is 4.53. The van der Waals surface area contributed by atoms with Gasteiger partial charge in [-0.2, -0.15) is 0 Å². The van der Waals surface area contributed by atoms with Gasteiger partial charge in [0.15, 0.2) is 5.17 Å². The fraction of sp³-hybridized carbons (Fsp3) is 0.444. The minimum atomic E-state index is 0.590. The van der Waals surface area contributed by atoms with E-state index in [2.05, 4.69) is 23.6 Å². The topological polar surface area (TPSA) is 24.4 Å². The predicted molar refractivity (Wildman–Crippen MR) is 72.8 cm³/mol. The summed E-state index contributed by atoms with van der Waals surface area (Å²) in [5, 5.41) is 1.57. The number of thioether (sulfide) groups is 1. The third kappa shape index (κ3) is 2.84. The molecule has 2 heterocycles. The number of hydrogen-bond acceptors (Lipinski definition) is 5. The van der Waals surface area contributed by atoms with Crippen LogP contribution in [0.25, 0.3) is 0 Å². The van der Waals surface area contributed by atoms with Gasteiger partial charge in [0.05, 0.1) is 10.0 Å². The summed E-state index contributed by atoms with van der Waals surface area (Å²) < 4.78 is 5.18. The van der Waals surface area contributed by atoms with Crippen LogP contribution in [0.3, 0.4) is 0 Å². The van der Waals surface area contributed by atoms with E-state index in [9.17, 15) is 0 Å². The van der Waals surface area contributed by atoms with Crippen molar-refractivity contribution < 1.29 is 0 Å². The molecule has 0 fully saturated rings. The van der Waals surface area contributed by atoms with E-state index in [1.54, 1.807) is 35.0 Å². The van der Waals surface area contributed by atoms with Gasteiger partial charge in [0.25, 0.3) is 0 Å². The first kappa shape index (κ1) is 11.6. The lowest BCUT2D eigenvalue weighted by Gasteiger charge is -2.15. The molecule has 1 aliphatic heterocycles. The van der Waals surface area contributed by atoms with E-state index in [-0.39, 0.29) is 0 Å². The number of thiophene rings is 1. The number of rotatable bonds is 2. The second-order valence-corrected chi connectivity index (χ2v) is 7.37. The smallest absolute Gasteiger partial charge is 0.172 e. The van der Waals surface area contributed by atoms with E-state index >= 15 is 0 Å². The monoisotopic (exact) mass is 278 g/mol. The standard InChI is InChI=1S/C9H11ClN2S3/c1-3-5(2)13-9-11-6-4-7(10)14-8(6)15-12-9/h4-5H,3H2,1-2H3,(H,11,12). The van der Waals surface area contributed by atoms with Crippen molar-refractivity contribution in [2.24, 2.45) is 4.99 Å². The van der Waals surface area contributed by atoms with Crippen LogP contribution in [0.1, 0.15) is 20.3 Å². The van der Waals surface area contributed by atoms with Gasteiger partial charge in [-0.05, 0) is 24.4 Å². The molecule has 15 heavy (non-hydrogen) atoms. The van der Waals surface area contributed by atoms with Gasteiger partial charge in [0, 0.05) is 5.25 Å². The number of halogens is 1. The summed E-state index contributed by atoms with van der Waals surface area (Å²) in [6.45, 7) is 4.39. The summed E-state index contributed by atoms with van der Waals surface area (Å²) in [6.07, 6.45) is 1.15. The molecule has 0 saturated carbocycles. The lowest BCUT2D eigenvalue weighted by Crippen LogP contribution is -2.16. The minimum Gasteiger partial charge on any atom is -0.304 e. The molecule has 0 aliphatic carbocycles. The molecule has 1 aliphatic rings. The Morgan fingerprint density at radius 3 is 3.20 bits per heavy atom. The molecule has 0 saturated heterocycles. The molecule has 2 nitrogen and oxygen atoms in total. The molecule has 1 atom stereocenters. The molecular weight excluding hydrogens is 268 g/mol. The molecule has 2 rings (SSSR count). The van der Waals surface area contributed by atoms with Crippen LogP contribution in [0, 0.1) is 0 Å². The zero-order chi connectivity index (χ0) is 10.8. The van der Waals surface area contributed by atoms with Crippen molar-refractivity contribution in [2.45, 2.75) is 29.7 Å². The maximum atomic E-state index is 5.93. The first-order valence-corrected chi connectivity index (χ1v) is 7.55. The zero-order valence-corrected chi connectivity index (χ0v) is 11.6. The van der Waals surface area contributed by atoms with Gasteiger partial charge in [-0.25, -0.2) is 4.99 Å². The first-order chi connectivity index (χ1) is 7.19. The average molecular weight is 279 g/mol. The minimum absolute atomic E-state index is 0.590. The van der Waals surface area contributed by atoms with Gasteiger partial charge in [-0.1, -0.05) is 37.2 Å². The highest BCUT2D eigenvalue weighted by Gasteiger charge is 2.17. The second kappa shape index (κ2) is 4.99. The molecule has 0 radical (unpaired) electrons. The highest BCUT2D eigenvalue weighted by Crippen LogP contribution is 2.42. The van der Waals surface area contributed by atoms with Crippen molar-refractivity contribution in [3.05, 3.63) is 10.4 Å². The van der Waals surface area contributed by atoms with Gasteiger partial charge in [-0.15, -0.1) is 11.3 Å². The van der Waals surface area contributed by atoms with Crippen LogP contribution in [-0.4, -0.2) is 10.4 Å². The highest BCUT2D eigenvalue weighted by atomic mass is 35.5. The van der Waals surface area contributed by atoms with Crippen LogP contribution >= 0.6 is 46.6 Å². The van der Waals surface area contributed by atoms with Crippen molar-refractivity contribution in [2.75, 3.05) is 0 Å². The maximum Gasteiger partial charge on any atom is 0.172 e. The molecule has 82 valence electrons. The van der Waals surface area contributed by atoms with E-state index in [4.69, 9.17) is 11.6 Å². The van der Waals surface area contributed by atoms with Crippen molar-refractivity contribution in [1.82, 2.24) is 4.72 Å². The quantitative estimate of drug-likeness (QED) is 0.805. The molecule has 0 aromatic carbocycles. The van der Waals surface area contributed by atoms with Gasteiger partial charge >= 0.3 is 0 Å². The van der Waals surface area contributed by atoms with Gasteiger partial charge in [-0.3, -0.25) is 0 Å². The van der Waals surface area contributed by atoms with Crippen LogP contribution in [0.2, 0.25) is 4.34 Å². The Balaban J connectivity index is 2.14. The number of nitrogens with zero attached hydrogens (tertiary/aromatic N) is 1. The Bertz CT molecular complexity index is 389. The van der Waals surface area contributed by atoms with Crippen LogP contribution in [0.15, 0.2) is 15.3 Å². The van der Waals surface area contributed by atoms with Crippen LogP contribution in [-0.2, 0) is 0 Å². The zero-order valence-electron chi connectivity index (χ0n) is 8.41. The Hall–Kier alpha value is 0.160. The lowest BCUT2D eigenvalue weighted by atomic mass is 10.4. The van der Waals surface area contributed by atoms with E-state index in [1.807, 2.05) is 6.07 Å². The summed E-state index contributed by atoms with van der Waals surface area (Å²) in [6, 6.07) is 1.92. The molecule has 1 aromatic rings. The van der Waals surface area contributed by atoms with E-state index < -0.39 is 0 Å². The van der Waals surface area contributed by atoms with Crippen LogP contribution < -0.4 is 4.72 Å². The molecule has 1 unspecified atom stereocenters. The van der Waals surface area contributed by atoms with Gasteiger partial charge < -0.3 is 4.72 Å². The summed E-state index contributed by atoms with van der Waals surface area (Å²) in [5.41, 5.74) is 1.000. The molecule has 0 amide bonds. The Morgan fingerprint density at radius 1 is 1.67 bits per heavy atom. The predicted octanol–water partition coefficient (Wildman–Crippen LogP) is 4.53. The summed E-state index contributed by atoms with van der Waals surface area (Å²) >= 11 is 10.9. The normalized spacial score (nSPS) is 16.6. The van der Waals surface area contributed by atoms with E-state index in [1.165, 1.54) is 0 Å². The summed E-state index contributed by atoms with van der Waals surface area (Å²) in [7, 11) is 0. The first-order valence-electron chi connectivity index (χ1n) is 4.66. The number of amidine groups is 1. The summed E-state index contributed by atoms with van der Waals surface area (Å²) in [5.74, 6) is 0. The average Bonchev–Trinajstić information content (AvgIpc) is 2.57.